The smallest absolute Gasteiger partial charge is 0.150 e. The molecule has 0 heterocycles. The molecular weight excluding hydrogens is 412 g/mol. The van der Waals surface area contributed by atoms with E-state index in [1.807, 2.05) is 24.3 Å². The standard InChI is InChI=1S/C27H28N4O2/c1-27(2,17-3-9-21(10-4-17)32-25-13-7-19(28)15-23(25)30)18-5-11-22(12-6-18)33-26-14-8-20(29)16-24(26)31/h3-16H,28-31H2,1-2H3. The summed E-state index contributed by atoms with van der Waals surface area (Å²) in [5.41, 5.74) is 27.8. The SMILES string of the molecule is CC(C)(c1ccc(Oc2ccc(N)cc2N)cc1)c1ccc(Oc2ccc(N)cc2N)cc1. The second-order valence-electron chi connectivity index (χ2n) is 8.47. The fourth-order valence-electron chi connectivity index (χ4n) is 3.62. The topological polar surface area (TPSA) is 123 Å². The van der Waals surface area contributed by atoms with Gasteiger partial charge < -0.3 is 32.4 Å². The molecule has 0 saturated carbocycles. The van der Waals surface area contributed by atoms with Crippen molar-refractivity contribution in [2.75, 3.05) is 22.9 Å². The molecule has 0 spiro atoms. The third kappa shape index (κ3) is 4.80. The minimum absolute atomic E-state index is 0.225. The van der Waals surface area contributed by atoms with Crippen molar-refractivity contribution in [3.8, 4) is 23.0 Å². The van der Waals surface area contributed by atoms with E-state index in [9.17, 15) is 0 Å². The quantitative estimate of drug-likeness (QED) is 0.276. The zero-order valence-corrected chi connectivity index (χ0v) is 18.7. The van der Waals surface area contributed by atoms with E-state index in [0.29, 0.717) is 45.7 Å². The molecular formula is C27H28N4O2. The minimum Gasteiger partial charge on any atom is -0.455 e. The van der Waals surface area contributed by atoms with E-state index < -0.39 is 0 Å². The van der Waals surface area contributed by atoms with Crippen molar-refractivity contribution in [1.82, 2.24) is 0 Å². The molecule has 0 bridgehead atoms. The number of benzene rings is 4. The van der Waals surface area contributed by atoms with Crippen LogP contribution in [0.15, 0.2) is 84.9 Å². The molecule has 0 atom stereocenters. The van der Waals surface area contributed by atoms with Gasteiger partial charge in [0.05, 0.1) is 11.4 Å². The molecule has 0 aliphatic heterocycles. The molecule has 4 rings (SSSR count). The van der Waals surface area contributed by atoms with Gasteiger partial charge in [-0.1, -0.05) is 38.1 Å². The van der Waals surface area contributed by atoms with Crippen molar-refractivity contribution in [2.45, 2.75) is 19.3 Å². The van der Waals surface area contributed by atoms with Gasteiger partial charge in [0.15, 0.2) is 0 Å². The van der Waals surface area contributed by atoms with Gasteiger partial charge in [0.1, 0.15) is 23.0 Å². The molecule has 0 aliphatic rings. The van der Waals surface area contributed by atoms with Crippen molar-refractivity contribution >= 4 is 22.7 Å². The molecule has 4 aromatic rings. The molecule has 6 nitrogen and oxygen atoms in total. The molecule has 0 saturated heterocycles. The van der Waals surface area contributed by atoms with Gasteiger partial charge >= 0.3 is 0 Å². The van der Waals surface area contributed by atoms with Gasteiger partial charge in [-0.2, -0.15) is 0 Å². The highest BCUT2D eigenvalue weighted by molar-refractivity contribution is 5.62. The predicted octanol–water partition coefficient (Wildman–Crippen LogP) is 5.93. The lowest BCUT2D eigenvalue weighted by atomic mass is 9.78. The number of nitrogen functional groups attached to an aromatic ring is 4. The van der Waals surface area contributed by atoms with Crippen molar-refractivity contribution in [2.24, 2.45) is 0 Å². The first-order valence-electron chi connectivity index (χ1n) is 10.6. The van der Waals surface area contributed by atoms with E-state index in [2.05, 4.69) is 38.1 Å². The maximum Gasteiger partial charge on any atom is 0.150 e. The molecule has 0 radical (unpaired) electrons. The van der Waals surface area contributed by atoms with Crippen molar-refractivity contribution in [1.29, 1.82) is 0 Å². The number of rotatable bonds is 6. The Balaban J connectivity index is 1.49. The summed E-state index contributed by atoms with van der Waals surface area (Å²) < 4.78 is 11.8. The molecule has 0 amide bonds. The number of ether oxygens (including phenoxy) is 2. The lowest BCUT2D eigenvalue weighted by Gasteiger charge is -2.26. The third-order valence-electron chi connectivity index (χ3n) is 5.68. The number of nitrogens with two attached hydrogens (primary N) is 4. The van der Waals surface area contributed by atoms with Gasteiger partial charge in [0.25, 0.3) is 0 Å². The summed E-state index contributed by atoms with van der Waals surface area (Å²) in [6.07, 6.45) is 0. The Kier molecular flexibility index (Phi) is 5.75. The highest BCUT2D eigenvalue weighted by Crippen LogP contribution is 2.36. The second kappa shape index (κ2) is 8.67. The van der Waals surface area contributed by atoms with E-state index in [1.165, 1.54) is 0 Å². The normalized spacial score (nSPS) is 11.2. The van der Waals surface area contributed by atoms with Crippen LogP contribution < -0.4 is 32.4 Å². The van der Waals surface area contributed by atoms with E-state index in [0.717, 1.165) is 11.1 Å². The maximum absolute atomic E-state index is 5.99. The first-order valence-corrected chi connectivity index (χ1v) is 10.6. The Morgan fingerprint density at radius 2 is 0.879 bits per heavy atom. The summed E-state index contributed by atoms with van der Waals surface area (Å²) in [6, 6.07) is 26.4. The van der Waals surface area contributed by atoms with Crippen LogP contribution in [-0.2, 0) is 5.41 Å². The highest BCUT2D eigenvalue weighted by atomic mass is 16.5. The second-order valence-corrected chi connectivity index (χ2v) is 8.47. The predicted molar refractivity (Wildman–Crippen MR) is 136 cm³/mol. The first-order chi connectivity index (χ1) is 15.7. The first kappa shape index (κ1) is 21.9. The van der Waals surface area contributed by atoms with Crippen molar-refractivity contribution < 1.29 is 9.47 Å². The van der Waals surface area contributed by atoms with Crippen LogP contribution in [0.5, 0.6) is 23.0 Å². The highest BCUT2D eigenvalue weighted by Gasteiger charge is 2.23. The average molecular weight is 441 g/mol. The molecule has 33 heavy (non-hydrogen) atoms. The van der Waals surface area contributed by atoms with Crippen LogP contribution in [0.1, 0.15) is 25.0 Å². The summed E-state index contributed by atoms with van der Waals surface area (Å²) in [5.74, 6) is 2.56. The summed E-state index contributed by atoms with van der Waals surface area (Å²) in [5, 5.41) is 0. The zero-order chi connectivity index (χ0) is 23.6. The van der Waals surface area contributed by atoms with Crippen LogP contribution in [0.3, 0.4) is 0 Å². The van der Waals surface area contributed by atoms with Crippen molar-refractivity contribution in [3.05, 3.63) is 96.1 Å². The van der Waals surface area contributed by atoms with Crippen LogP contribution in [0.25, 0.3) is 0 Å². The largest absolute Gasteiger partial charge is 0.455 e. The Labute approximate surface area is 193 Å². The average Bonchev–Trinajstić information content (AvgIpc) is 2.78. The van der Waals surface area contributed by atoms with Gasteiger partial charge in [0.2, 0.25) is 0 Å². The number of hydrogen-bond acceptors (Lipinski definition) is 6. The van der Waals surface area contributed by atoms with Gasteiger partial charge in [-0.15, -0.1) is 0 Å². The molecule has 0 unspecified atom stereocenters. The molecule has 0 aliphatic carbocycles. The third-order valence-corrected chi connectivity index (χ3v) is 5.68. The summed E-state index contributed by atoms with van der Waals surface area (Å²) >= 11 is 0. The van der Waals surface area contributed by atoms with Crippen LogP contribution in [-0.4, -0.2) is 0 Å². The van der Waals surface area contributed by atoms with Crippen LogP contribution >= 0.6 is 0 Å². The van der Waals surface area contributed by atoms with Crippen LogP contribution in [0, 0.1) is 0 Å². The lowest BCUT2D eigenvalue weighted by molar-refractivity contribution is 0.483. The lowest BCUT2D eigenvalue weighted by Crippen LogP contribution is -2.18. The minimum atomic E-state index is -0.225. The Bertz CT molecular complexity index is 1170. The van der Waals surface area contributed by atoms with E-state index >= 15 is 0 Å². The van der Waals surface area contributed by atoms with Crippen molar-refractivity contribution in [3.63, 3.8) is 0 Å². The van der Waals surface area contributed by atoms with E-state index in [4.69, 9.17) is 32.4 Å². The Morgan fingerprint density at radius 1 is 0.515 bits per heavy atom. The molecule has 4 aromatic carbocycles. The molecule has 0 fully saturated rings. The van der Waals surface area contributed by atoms with E-state index in [1.54, 1.807) is 36.4 Å². The number of anilines is 4. The molecule has 0 aromatic heterocycles. The van der Waals surface area contributed by atoms with E-state index in [-0.39, 0.29) is 5.41 Å². The van der Waals surface area contributed by atoms with Crippen LogP contribution in [0.4, 0.5) is 22.7 Å². The molecule has 8 N–H and O–H groups in total. The molecule has 6 heteroatoms. The maximum atomic E-state index is 5.99. The number of hydrogen-bond donors (Lipinski definition) is 4. The summed E-state index contributed by atoms with van der Waals surface area (Å²) in [4.78, 5) is 0. The van der Waals surface area contributed by atoms with Gasteiger partial charge in [0, 0.05) is 16.8 Å². The Hall–Kier alpha value is -4.32. The monoisotopic (exact) mass is 440 g/mol. The summed E-state index contributed by atoms with van der Waals surface area (Å²) in [6.45, 7) is 4.35. The summed E-state index contributed by atoms with van der Waals surface area (Å²) in [7, 11) is 0. The fraction of sp³-hybridized carbons (Fsp3) is 0.111. The van der Waals surface area contributed by atoms with Gasteiger partial charge in [-0.25, -0.2) is 0 Å². The van der Waals surface area contributed by atoms with Gasteiger partial charge in [-0.05, 0) is 71.8 Å². The van der Waals surface area contributed by atoms with Gasteiger partial charge in [-0.3, -0.25) is 0 Å². The zero-order valence-electron chi connectivity index (χ0n) is 18.7. The van der Waals surface area contributed by atoms with Crippen LogP contribution in [0.2, 0.25) is 0 Å². The Morgan fingerprint density at radius 3 is 1.21 bits per heavy atom. The fourth-order valence-corrected chi connectivity index (χ4v) is 3.62. The molecule has 168 valence electrons.